The second-order valence-electron chi connectivity index (χ2n) is 6.17. The molecule has 0 radical (unpaired) electrons. The summed E-state index contributed by atoms with van der Waals surface area (Å²) in [5.74, 6) is 0. The molecule has 0 heterocycles. The Morgan fingerprint density at radius 3 is 1.04 bits per heavy atom. The first-order valence-electron chi connectivity index (χ1n) is 8.92. The topological polar surface area (TPSA) is 0 Å². The molecule has 0 aliphatic heterocycles. The first-order valence-corrected chi connectivity index (χ1v) is 8.92. The Hall–Kier alpha value is 1.04. The van der Waals surface area contributed by atoms with Gasteiger partial charge in [0.2, 0.25) is 0 Å². The molecule has 136 valence electrons. The molecule has 0 fully saturated rings. The van der Waals surface area contributed by atoms with Crippen LogP contribution in [0.1, 0.15) is 103 Å². The second-order valence-corrected chi connectivity index (χ2v) is 6.17. The van der Waals surface area contributed by atoms with Crippen molar-refractivity contribution in [3.63, 3.8) is 0 Å². The zero-order valence-electron chi connectivity index (χ0n) is 14.7. The molecule has 5 heteroatoms. The average molecular weight is 412 g/mol. The van der Waals surface area contributed by atoms with E-state index in [4.69, 9.17) is 0 Å². The maximum Gasteiger partial charge on any atom is 2.00 e. The van der Waals surface area contributed by atoms with Crippen molar-refractivity contribution in [2.24, 2.45) is 0 Å². The van der Waals surface area contributed by atoms with E-state index in [9.17, 15) is 13.2 Å². The SMILES string of the molecule is [Br-].[CH2-]CCCCCCCCCCCCCCCCC(F)(F)F.[Mg+2]. The van der Waals surface area contributed by atoms with Gasteiger partial charge in [-0.25, -0.2) is 0 Å². The van der Waals surface area contributed by atoms with Crippen molar-refractivity contribution in [1.82, 2.24) is 0 Å². The number of hydrogen-bond donors (Lipinski definition) is 0. The van der Waals surface area contributed by atoms with E-state index in [1.165, 1.54) is 64.2 Å². The van der Waals surface area contributed by atoms with Gasteiger partial charge in [-0.2, -0.15) is 19.6 Å². The summed E-state index contributed by atoms with van der Waals surface area (Å²) in [4.78, 5) is 0. The number of halogens is 4. The average Bonchev–Trinajstić information content (AvgIpc) is 2.42. The molecule has 0 amide bonds. The summed E-state index contributed by atoms with van der Waals surface area (Å²) in [5, 5.41) is 0. The predicted molar refractivity (Wildman–Crippen MR) is 91.0 cm³/mol. The maximum absolute atomic E-state index is 11.9. The molecule has 0 aromatic heterocycles. The van der Waals surface area contributed by atoms with Crippen molar-refractivity contribution in [3.8, 4) is 0 Å². The van der Waals surface area contributed by atoms with Crippen LogP contribution in [-0.2, 0) is 0 Å². The number of alkyl halides is 3. The van der Waals surface area contributed by atoms with Crippen molar-refractivity contribution in [2.75, 3.05) is 0 Å². The molecule has 0 bridgehead atoms. The van der Waals surface area contributed by atoms with Crippen LogP contribution in [0.2, 0.25) is 0 Å². The molecule has 0 aromatic rings. The standard InChI is InChI=1S/C18H34F3.BrH.Mg/c1-2-3-4-5-6-7-8-9-10-11-12-13-14-15-16-17-18(19,20)21;;/h1-17H2;1H;/q-1;;+2/p-1. The molecule has 0 spiro atoms. The van der Waals surface area contributed by atoms with Crippen molar-refractivity contribution >= 4 is 23.1 Å². The summed E-state index contributed by atoms with van der Waals surface area (Å²) in [6.07, 6.45) is 12.7. The van der Waals surface area contributed by atoms with Gasteiger partial charge in [-0.15, -0.1) is 0 Å². The molecule has 0 nitrogen and oxygen atoms in total. The smallest absolute Gasteiger partial charge is 1.00 e. The molecule has 0 saturated carbocycles. The van der Waals surface area contributed by atoms with Crippen LogP contribution < -0.4 is 17.0 Å². The fraction of sp³-hybridized carbons (Fsp3) is 0.944. The van der Waals surface area contributed by atoms with Gasteiger partial charge < -0.3 is 23.9 Å². The van der Waals surface area contributed by atoms with E-state index in [0.29, 0.717) is 6.42 Å². The monoisotopic (exact) mass is 410 g/mol. The Morgan fingerprint density at radius 1 is 0.522 bits per heavy atom. The molecular formula is C18H34BrF3Mg. The maximum atomic E-state index is 11.9. The summed E-state index contributed by atoms with van der Waals surface area (Å²) in [7, 11) is 0. The predicted octanol–water partition coefficient (Wildman–Crippen LogP) is 4.25. The summed E-state index contributed by atoms with van der Waals surface area (Å²) in [6.45, 7) is 3.85. The first kappa shape index (κ1) is 28.8. The molecule has 0 saturated heterocycles. The van der Waals surface area contributed by atoms with E-state index in [1.54, 1.807) is 0 Å². The molecule has 0 aliphatic carbocycles. The van der Waals surface area contributed by atoms with E-state index in [2.05, 4.69) is 6.92 Å². The van der Waals surface area contributed by atoms with Gasteiger partial charge >= 0.3 is 29.2 Å². The van der Waals surface area contributed by atoms with Gasteiger partial charge in [0.05, 0.1) is 0 Å². The molecule has 0 aromatic carbocycles. The van der Waals surface area contributed by atoms with Crippen LogP contribution >= 0.6 is 0 Å². The van der Waals surface area contributed by atoms with Crippen molar-refractivity contribution in [2.45, 2.75) is 109 Å². The number of hydrogen-bond acceptors (Lipinski definition) is 0. The third kappa shape index (κ3) is 28.1. The van der Waals surface area contributed by atoms with E-state index in [1.807, 2.05) is 0 Å². The van der Waals surface area contributed by atoms with Crippen LogP contribution in [0.4, 0.5) is 13.2 Å². The van der Waals surface area contributed by atoms with Crippen LogP contribution in [0.3, 0.4) is 0 Å². The van der Waals surface area contributed by atoms with Crippen molar-refractivity contribution < 1.29 is 30.2 Å². The van der Waals surface area contributed by atoms with Gasteiger partial charge in [-0.1, -0.05) is 83.5 Å². The van der Waals surface area contributed by atoms with Crippen molar-refractivity contribution in [3.05, 3.63) is 6.92 Å². The normalized spacial score (nSPS) is 11.0. The fourth-order valence-corrected chi connectivity index (χ4v) is 2.62. The second kappa shape index (κ2) is 21.1. The molecule has 0 rings (SSSR count). The number of rotatable bonds is 15. The summed E-state index contributed by atoms with van der Waals surface area (Å²) < 4.78 is 35.8. The third-order valence-electron chi connectivity index (χ3n) is 3.96. The van der Waals surface area contributed by atoms with Gasteiger partial charge in [-0.05, 0) is 6.42 Å². The van der Waals surface area contributed by atoms with Crippen LogP contribution in [0, 0.1) is 6.92 Å². The molecular weight excluding hydrogens is 377 g/mol. The Kier molecular flexibility index (Phi) is 26.4. The zero-order valence-corrected chi connectivity index (χ0v) is 17.7. The molecule has 23 heavy (non-hydrogen) atoms. The molecule has 0 atom stereocenters. The van der Waals surface area contributed by atoms with E-state index < -0.39 is 12.6 Å². The van der Waals surface area contributed by atoms with Gasteiger partial charge in [-0.3, -0.25) is 0 Å². The van der Waals surface area contributed by atoms with Crippen LogP contribution in [0.15, 0.2) is 0 Å². The Bertz CT molecular complexity index is 211. The molecule has 0 unspecified atom stereocenters. The molecule has 0 aliphatic rings. The summed E-state index contributed by atoms with van der Waals surface area (Å²) in [5.41, 5.74) is 0. The Balaban J connectivity index is -0.00000200. The molecule has 0 N–H and O–H groups in total. The van der Waals surface area contributed by atoms with E-state index in [0.717, 1.165) is 25.7 Å². The minimum absolute atomic E-state index is 0. The van der Waals surface area contributed by atoms with Crippen molar-refractivity contribution in [1.29, 1.82) is 0 Å². The summed E-state index contributed by atoms with van der Waals surface area (Å²) in [6, 6.07) is 0. The Morgan fingerprint density at radius 2 is 0.783 bits per heavy atom. The minimum atomic E-state index is -3.96. The van der Waals surface area contributed by atoms with Gasteiger partial charge in [0, 0.05) is 6.42 Å². The first-order chi connectivity index (χ1) is 10.1. The number of unbranched alkanes of at least 4 members (excludes halogenated alkanes) is 14. The minimum Gasteiger partial charge on any atom is -1.00 e. The van der Waals surface area contributed by atoms with Gasteiger partial charge in [0.1, 0.15) is 0 Å². The van der Waals surface area contributed by atoms with Gasteiger partial charge in [0.25, 0.3) is 0 Å². The largest absolute Gasteiger partial charge is 2.00 e. The van der Waals surface area contributed by atoms with Crippen LogP contribution in [-0.4, -0.2) is 29.2 Å². The van der Waals surface area contributed by atoms with E-state index in [-0.39, 0.29) is 40.0 Å². The zero-order chi connectivity index (χ0) is 15.8. The van der Waals surface area contributed by atoms with E-state index >= 15 is 0 Å². The summed E-state index contributed by atoms with van der Waals surface area (Å²) >= 11 is 0. The third-order valence-corrected chi connectivity index (χ3v) is 3.96. The van der Waals surface area contributed by atoms with Crippen LogP contribution in [0.5, 0.6) is 0 Å². The van der Waals surface area contributed by atoms with Gasteiger partial charge in [0.15, 0.2) is 0 Å². The Labute approximate surface area is 168 Å². The quantitative estimate of drug-likeness (QED) is 0.215. The fourth-order valence-electron chi connectivity index (χ4n) is 2.62. The van der Waals surface area contributed by atoms with Crippen LogP contribution in [0.25, 0.3) is 0 Å².